The Hall–Kier alpha value is -1.46. The number of urea groups is 1. The molecule has 0 aromatic heterocycles. The minimum absolute atomic E-state index is 0.0110. The van der Waals surface area contributed by atoms with Crippen molar-refractivity contribution in [3.05, 3.63) is 0 Å². The maximum absolute atomic E-state index is 12.5. The van der Waals surface area contributed by atoms with Gasteiger partial charge in [0.1, 0.15) is 5.60 Å². The Labute approximate surface area is 152 Å². The van der Waals surface area contributed by atoms with E-state index >= 15 is 0 Å². The summed E-state index contributed by atoms with van der Waals surface area (Å²) in [6, 6.07) is 0.309. The van der Waals surface area contributed by atoms with Crippen LogP contribution in [-0.4, -0.2) is 59.7 Å². The van der Waals surface area contributed by atoms with E-state index < -0.39 is 5.60 Å². The minimum atomic E-state index is -0.486. The van der Waals surface area contributed by atoms with Gasteiger partial charge in [-0.05, 0) is 58.3 Å². The van der Waals surface area contributed by atoms with Crippen molar-refractivity contribution >= 4 is 12.1 Å². The third-order valence-electron chi connectivity index (χ3n) is 5.26. The smallest absolute Gasteiger partial charge is 0.410 e. The molecule has 0 atom stereocenters. The van der Waals surface area contributed by atoms with E-state index in [1.165, 1.54) is 12.8 Å². The van der Waals surface area contributed by atoms with Crippen LogP contribution in [0.2, 0.25) is 0 Å². The molecule has 2 aliphatic rings. The second-order valence-corrected chi connectivity index (χ2v) is 8.76. The highest BCUT2D eigenvalue weighted by molar-refractivity contribution is 5.75. The predicted molar refractivity (Wildman–Crippen MR) is 98.5 cm³/mol. The Morgan fingerprint density at radius 1 is 0.960 bits per heavy atom. The molecule has 1 heterocycles. The summed E-state index contributed by atoms with van der Waals surface area (Å²) >= 11 is 0. The van der Waals surface area contributed by atoms with E-state index in [-0.39, 0.29) is 12.1 Å². The standard InChI is InChI=1S/C19H35N3O3/c1-14(2)15-6-8-16(9-7-15)20-17(23)21-10-12-22(13-11-21)18(24)25-19(3,4)5/h14-16H,6-13H2,1-5H3,(H,20,23)/t15-,16-. The molecule has 6 heteroatoms. The molecule has 0 unspecified atom stereocenters. The molecule has 2 fully saturated rings. The van der Waals surface area contributed by atoms with Gasteiger partial charge in [-0.15, -0.1) is 0 Å². The van der Waals surface area contributed by atoms with Crippen LogP contribution in [0.4, 0.5) is 9.59 Å². The van der Waals surface area contributed by atoms with Crippen molar-refractivity contribution in [1.82, 2.24) is 15.1 Å². The molecule has 0 radical (unpaired) electrons. The van der Waals surface area contributed by atoms with Crippen LogP contribution in [0.1, 0.15) is 60.3 Å². The van der Waals surface area contributed by atoms with Gasteiger partial charge >= 0.3 is 12.1 Å². The molecule has 1 N–H and O–H groups in total. The van der Waals surface area contributed by atoms with Gasteiger partial charge in [-0.2, -0.15) is 0 Å². The molecule has 1 saturated carbocycles. The first kappa shape index (κ1) is 19.9. The van der Waals surface area contributed by atoms with Gasteiger partial charge in [-0.25, -0.2) is 9.59 Å². The second-order valence-electron chi connectivity index (χ2n) is 8.76. The van der Waals surface area contributed by atoms with Gasteiger partial charge in [0.2, 0.25) is 0 Å². The van der Waals surface area contributed by atoms with Crippen LogP contribution in [0, 0.1) is 11.8 Å². The Morgan fingerprint density at radius 3 is 1.96 bits per heavy atom. The Balaban J connectivity index is 1.72. The van der Waals surface area contributed by atoms with E-state index in [1.807, 2.05) is 25.7 Å². The average molecular weight is 354 g/mol. The Morgan fingerprint density at radius 2 is 1.48 bits per heavy atom. The van der Waals surface area contributed by atoms with Crippen LogP contribution in [0.5, 0.6) is 0 Å². The first-order valence-electron chi connectivity index (χ1n) is 9.69. The summed E-state index contributed by atoms with van der Waals surface area (Å²) in [6.45, 7) is 12.3. The van der Waals surface area contributed by atoms with Gasteiger partial charge in [0.15, 0.2) is 0 Å². The van der Waals surface area contributed by atoms with Crippen molar-refractivity contribution in [2.45, 2.75) is 71.9 Å². The van der Waals surface area contributed by atoms with Gasteiger partial charge in [-0.1, -0.05) is 13.8 Å². The summed E-state index contributed by atoms with van der Waals surface area (Å²) in [7, 11) is 0. The Kier molecular flexibility index (Phi) is 6.58. The highest BCUT2D eigenvalue weighted by Crippen LogP contribution is 2.29. The molecule has 3 amide bonds. The molecule has 25 heavy (non-hydrogen) atoms. The maximum Gasteiger partial charge on any atom is 0.410 e. The fourth-order valence-electron chi connectivity index (χ4n) is 3.61. The zero-order chi connectivity index (χ0) is 18.6. The molecule has 2 rings (SSSR count). The number of hydrogen-bond donors (Lipinski definition) is 1. The second kappa shape index (κ2) is 8.28. The summed E-state index contributed by atoms with van der Waals surface area (Å²) in [5.74, 6) is 1.53. The van der Waals surface area contributed by atoms with Crippen molar-refractivity contribution in [2.24, 2.45) is 11.8 Å². The van der Waals surface area contributed by atoms with E-state index in [0.717, 1.165) is 24.7 Å². The van der Waals surface area contributed by atoms with E-state index in [9.17, 15) is 9.59 Å². The molecule has 144 valence electrons. The fourth-order valence-corrected chi connectivity index (χ4v) is 3.61. The van der Waals surface area contributed by atoms with E-state index in [2.05, 4.69) is 19.2 Å². The first-order valence-corrected chi connectivity index (χ1v) is 9.69. The van der Waals surface area contributed by atoms with Crippen LogP contribution in [0.3, 0.4) is 0 Å². The van der Waals surface area contributed by atoms with Gasteiger partial charge in [0.05, 0.1) is 0 Å². The highest BCUT2D eigenvalue weighted by atomic mass is 16.6. The first-order chi connectivity index (χ1) is 11.7. The van der Waals surface area contributed by atoms with Gasteiger partial charge in [-0.3, -0.25) is 0 Å². The molecule has 6 nitrogen and oxygen atoms in total. The SMILES string of the molecule is CC(C)[C@H]1CC[C@H](NC(=O)N2CCN(C(=O)OC(C)(C)C)CC2)CC1. The number of nitrogens with one attached hydrogen (secondary N) is 1. The number of rotatable bonds is 2. The van der Waals surface area contributed by atoms with Crippen LogP contribution in [0.15, 0.2) is 0 Å². The lowest BCUT2D eigenvalue weighted by Crippen LogP contribution is -2.55. The number of amides is 3. The largest absolute Gasteiger partial charge is 0.444 e. The summed E-state index contributed by atoms with van der Waals surface area (Å²) in [6.07, 6.45) is 4.27. The number of nitrogens with zero attached hydrogens (tertiary/aromatic N) is 2. The average Bonchev–Trinajstić information content (AvgIpc) is 2.54. The lowest BCUT2D eigenvalue weighted by Gasteiger charge is -2.37. The number of ether oxygens (including phenoxy) is 1. The van der Waals surface area contributed by atoms with E-state index in [0.29, 0.717) is 32.2 Å². The summed E-state index contributed by atoms with van der Waals surface area (Å²) < 4.78 is 5.39. The number of piperazine rings is 1. The lowest BCUT2D eigenvalue weighted by atomic mass is 9.80. The number of carbonyl (C=O) groups excluding carboxylic acids is 2. The number of hydrogen-bond acceptors (Lipinski definition) is 3. The molecule has 1 saturated heterocycles. The maximum atomic E-state index is 12.5. The minimum Gasteiger partial charge on any atom is -0.444 e. The lowest BCUT2D eigenvalue weighted by molar-refractivity contribution is 0.0168. The summed E-state index contributed by atoms with van der Waals surface area (Å²) in [4.78, 5) is 28.0. The summed E-state index contributed by atoms with van der Waals surface area (Å²) in [5.41, 5.74) is -0.486. The Bertz CT molecular complexity index is 457. The molecule has 0 spiro atoms. The van der Waals surface area contributed by atoms with Crippen LogP contribution < -0.4 is 5.32 Å². The van der Waals surface area contributed by atoms with Crippen LogP contribution in [0.25, 0.3) is 0 Å². The molecular formula is C19H35N3O3. The van der Waals surface area contributed by atoms with Crippen molar-refractivity contribution in [2.75, 3.05) is 26.2 Å². The zero-order valence-electron chi connectivity index (χ0n) is 16.5. The normalized spacial score (nSPS) is 25.0. The van der Waals surface area contributed by atoms with Crippen molar-refractivity contribution in [3.8, 4) is 0 Å². The number of carbonyl (C=O) groups is 2. The molecule has 1 aliphatic heterocycles. The zero-order valence-corrected chi connectivity index (χ0v) is 16.5. The monoisotopic (exact) mass is 353 g/mol. The van der Waals surface area contributed by atoms with Crippen LogP contribution >= 0.6 is 0 Å². The molecular weight excluding hydrogens is 318 g/mol. The fraction of sp³-hybridized carbons (Fsp3) is 0.895. The van der Waals surface area contributed by atoms with Crippen molar-refractivity contribution in [1.29, 1.82) is 0 Å². The van der Waals surface area contributed by atoms with Gasteiger partial charge in [0.25, 0.3) is 0 Å². The molecule has 0 bridgehead atoms. The van der Waals surface area contributed by atoms with Crippen LogP contribution in [-0.2, 0) is 4.74 Å². The van der Waals surface area contributed by atoms with Crippen molar-refractivity contribution < 1.29 is 14.3 Å². The van der Waals surface area contributed by atoms with Crippen molar-refractivity contribution in [3.63, 3.8) is 0 Å². The highest BCUT2D eigenvalue weighted by Gasteiger charge is 2.29. The van der Waals surface area contributed by atoms with Gasteiger partial charge < -0.3 is 19.9 Å². The summed E-state index contributed by atoms with van der Waals surface area (Å²) in [5, 5.41) is 3.18. The quantitative estimate of drug-likeness (QED) is 0.827. The molecule has 1 aliphatic carbocycles. The topological polar surface area (TPSA) is 61.9 Å². The predicted octanol–water partition coefficient (Wildman–Crippen LogP) is 3.46. The third kappa shape index (κ3) is 6.08. The van der Waals surface area contributed by atoms with E-state index in [1.54, 1.807) is 4.90 Å². The third-order valence-corrected chi connectivity index (χ3v) is 5.26. The molecule has 0 aromatic carbocycles. The van der Waals surface area contributed by atoms with E-state index in [4.69, 9.17) is 4.74 Å². The molecule has 0 aromatic rings. The van der Waals surface area contributed by atoms with Gasteiger partial charge in [0, 0.05) is 32.2 Å².